The van der Waals surface area contributed by atoms with Gasteiger partial charge in [-0.25, -0.2) is 0 Å². The Morgan fingerprint density at radius 2 is 1.86 bits per heavy atom. The molecule has 0 unspecified atom stereocenters. The van der Waals surface area contributed by atoms with Crippen LogP contribution in [0.15, 0.2) is 24.4 Å². The molecular formula is C17H19Cl2NO. The second-order valence-corrected chi connectivity index (χ2v) is 6.14. The first kappa shape index (κ1) is 16.1. The maximum absolute atomic E-state index is 6.30. The molecule has 0 saturated heterocycles. The van der Waals surface area contributed by atoms with E-state index in [0.717, 1.165) is 38.9 Å². The van der Waals surface area contributed by atoms with Crippen molar-refractivity contribution in [2.45, 2.75) is 39.5 Å². The number of alkyl halides is 1. The third kappa shape index (κ3) is 3.69. The van der Waals surface area contributed by atoms with Crippen molar-refractivity contribution in [2.24, 2.45) is 0 Å². The number of aryl methyl sites for hydroxylation is 2. The Morgan fingerprint density at radius 3 is 2.48 bits per heavy atom. The van der Waals surface area contributed by atoms with Gasteiger partial charge >= 0.3 is 0 Å². The minimum absolute atomic E-state index is 0.340. The third-order valence-corrected chi connectivity index (χ3v) is 3.98. The van der Waals surface area contributed by atoms with E-state index < -0.39 is 0 Å². The van der Waals surface area contributed by atoms with Crippen LogP contribution in [0.2, 0.25) is 5.02 Å². The second-order valence-electron chi connectivity index (χ2n) is 5.46. The van der Waals surface area contributed by atoms with Crippen LogP contribution >= 0.6 is 23.2 Å². The number of pyridine rings is 1. The quantitative estimate of drug-likeness (QED) is 0.643. The second kappa shape index (κ2) is 6.67. The number of benzene rings is 1. The van der Waals surface area contributed by atoms with Crippen LogP contribution in [0.1, 0.15) is 42.1 Å². The molecule has 21 heavy (non-hydrogen) atoms. The van der Waals surface area contributed by atoms with Crippen LogP contribution in [0.3, 0.4) is 0 Å². The van der Waals surface area contributed by atoms with E-state index >= 15 is 0 Å². The number of halogens is 2. The van der Waals surface area contributed by atoms with E-state index in [-0.39, 0.29) is 0 Å². The van der Waals surface area contributed by atoms with Gasteiger partial charge in [0.2, 0.25) is 0 Å². The Balaban J connectivity index is 2.44. The number of hydrogen-bond donors (Lipinski definition) is 0. The molecule has 0 bridgehead atoms. The summed E-state index contributed by atoms with van der Waals surface area (Å²) in [5.41, 5.74) is 3.85. The number of ether oxygens (including phenoxy) is 1. The third-order valence-electron chi connectivity index (χ3n) is 3.36. The van der Waals surface area contributed by atoms with Gasteiger partial charge < -0.3 is 4.74 Å². The van der Waals surface area contributed by atoms with Crippen molar-refractivity contribution in [3.05, 3.63) is 51.8 Å². The molecule has 0 radical (unpaired) electrons. The summed E-state index contributed by atoms with van der Waals surface area (Å²) in [4.78, 5) is 4.25. The van der Waals surface area contributed by atoms with Gasteiger partial charge in [0.15, 0.2) is 0 Å². The Kier molecular flexibility index (Phi) is 5.13. The average Bonchev–Trinajstić information content (AvgIpc) is 2.41. The lowest BCUT2D eigenvalue weighted by molar-refractivity contribution is 0.472. The highest BCUT2D eigenvalue weighted by Gasteiger charge is 2.12. The molecule has 2 aromatic rings. The van der Waals surface area contributed by atoms with E-state index in [1.165, 1.54) is 0 Å². The van der Waals surface area contributed by atoms with Gasteiger partial charge in [0.25, 0.3) is 0 Å². The first-order chi connectivity index (χ1) is 9.92. The van der Waals surface area contributed by atoms with E-state index in [4.69, 9.17) is 27.9 Å². The molecule has 112 valence electrons. The highest BCUT2D eigenvalue weighted by Crippen LogP contribution is 2.35. The van der Waals surface area contributed by atoms with Crippen molar-refractivity contribution in [1.82, 2.24) is 4.98 Å². The molecule has 1 aromatic heterocycles. The zero-order valence-corrected chi connectivity index (χ0v) is 14.2. The number of aromatic nitrogens is 1. The summed E-state index contributed by atoms with van der Waals surface area (Å²) in [5.74, 6) is 2.26. The van der Waals surface area contributed by atoms with Gasteiger partial charge in [-0.05, 0) is 43.0 Å². The summed E-state index contributed by atoms with van der Waals surface area (Å²) < 4.78 is 6.07. The Labute approximate surface area is 136 Å². The van der Waals surface area contributed by atoms with Crippen LogP contribution in [0, 0.1) is 13.8 Å². The molecule has 4 heteroatoms. The summed E-state index contributed by atoms with van der Waals surface area (Å²) in [6.45, 7) is 8.14. The van der Waals surface area contributed by atoms with Gasteiger partial charge in [-0.3, -0.25) is 4.98 Å². The van der Waals surface area contributed by atoms with Crippen LogP contribution in [-0.4, -0.2) is 4.98 Å². The molecule has 0 N–H and O–H groups in total. The molecule has 0 amide bonds. The highest BCUT2D eigenvalue weighted by atomic mass is 35.5. The van der Waals surface area contributed by atoms with Gasteiger partial charge in [0.1, 0.15) is 11.5 Å². The summed E-state index contributed by atoms with van der Waals surface area (Å²) in [7, 11) is 0. The van der Waals surface area contributed by atoms with Crippen molar-refractivity contribution in [1.29, 1.82) is 0 Å². The van der Waals surface area contributed by atoms with Crippen molar-refractivity contribution in [2.75, 3.05) is 0 Å². The van der Waals surface area contributed by atoms with E-state index in [9.17, 15) is 0 Å². The van der Waals surface area contributed by atoms with Crippen LogP contribution in [0.25, 0.3) is 0 Å². The van der Waals surface area contributed by atoms with E-state index in [1.54, 1.807) is 6.20 Å². The average molecular weight is 324 g/mol. The summed E-state index contributed by atoms with van der Waals surface area (Å²) in [5, 5.41) is 0.776. The number of hydrogen-bond acceptors (Lipinski definition) is 2. The maximum Gasteiger partial charge on any atom is 0.135 e. The minimum atomic E-state index is 0.340. The molecular weight excluding hydrogens is 305 g/mol. The van der Waals surface area contributed by atoms with Gasteiger partial charge in [0.05, 0.1) is 5.88 Å². The topological polar surface area (TPSA) is 22.1 Å². The van der Waals surface area contributed by atoms with Crippen molar-refractivity contribution in [3.63, 3.8) is 0 Å². The van der Waals surface area contributed by atoms with Gasteiger partial charge in [-0.1, -0.05) is 25.4 Å². The van der Waals surface area contributed by atoms with Gasteiger partial charge in [0, 0.05) is 28.5 Å². The zero-order valence-electron chi connectivity index (χ0n) is 12.7. The van der Waals surface area contributed by atoms with Gasteiger partial charge in [-0.2, -0.15) is 0 Å². The first-order valence-corrected chi connectivity index (χ1v) is 7.83. The number of rotatable bonds is 4. The number of nitrogens with zero attached hydrogens (tertiary/aromatic N) is 1. The highest BCUT2D eigenvalue weighted by molar-refractivity contribution is 6.31. The van der Waals surface area contributed by atoms with Crippen LogP contribution in [0.5, 0.6) is 11.5 Å². The Morgan fingerprint density at radius 1 is 1.14 bits per heavy atom. The lowest BCUT2D eigenvalue weighted by Crippen LogP contribution is -1.97. The van der Waals surface area contributed by atoms with Crippen molar-refractivity contribution in [3.8, 4) is 11.5 Å². The van der Waals surface area contributed by atoms with E-state index in [0.29, 0.717) is 11.8 Å². The fourth-order valence-corrected chi connectivity index (χ4v) is 2.73. The monoisotopic (exact) mass is 323 g/mol. The molecule has 1 heterocycles. The van der Waals surface area contributed by atoms with Gasteiger partial charge in [-0.15, -0.1) is 11.6 Å². The smallest absolute Gasteiger partial charge is 0.135 e. The normalized spacial score (nSPS) is 11.0. The predicted octanol–water partition coefficient (Wildman–Crippen LogP) is 6.01. The molecule has 2 nitrogen and oxygen atoms in total. The molecule has 0 saturated carbocycles. The predicted molar refractivity (Wildman–Crippen MR) is 88.9 cm³/mol. The molecule has 1 aromatic carbocycles. The SMILES string of the molecule is Cc1cc(Oc2cc(C(C)C)c(Cl)cc2C)c(CCl)cn1. The lowest BCUT2D eigenvalue weighted by Gasteiger charge is -2.16. The molecule has 2 rings (SSSR count). The Hall–Kier alpha value is -1.25. The fourth-order valence-electron chi connectivity index (χ4n) is 2.10. The van der Waals surface area contributed by atoms with Crippen LogP contribution < -0.4 is 4.74 Å². The van der Waals surface area contributed by atoms with Crippen molar-refractivity contribution >= 4 is 23.2 Å². The molecule has 0 aliphatic rings. The summed E-state index contributed by atoms with van der Waals surface area (Å²) in [6.07, 6.45) is 1.76. The fraction of sp³-hybridized carbons (Fsp3) is 0.353. The van der Waals surface area contributed by atoms with E-state index in [1.807, 2.05) is 32.0 Å². The zero-order chi connectivity index (χ0) is 15.6. The lowest BCUT2D eigenvalue weighted by atomic mass is 10.0. The first-order valence-electron chi connectivity index (χ1n) is 6.91. The van der Waals surface area contributed by atoms with Crippen molar-refractivity contribution < 1.29 is 4.74 Å². The minimum Gasteiger partial charge on any atom is -0.457 e. The molecule has 0 spiro atoms. The largest absolute Gasteiger partial charge is 0.457 e. The van der Waals surface area contributed by atoms with Crippen LogP contribution in [0.4, 0.5) is 0 Å². The summed E-state index contributed by atoms with van der Waals surface area (Å²) >= 11 is 12.3. The Bertz CT molecular complexity index is 653. The maximum atomic E-state index is 6.30. The molecule has 0 atom stereocenters. The molecule has 0 fully saturated rings. The summed E-state index contributed by atoms with van der Waals surface area (Å²) in [6, 6.07) is 5.86. The van der Waals surface area contributed by atoms with E-state index in [2.05, 4.69) is 18.8 Å². The molecule has 0 aliphatic carbocycles. The standard InChI is InChI=1S/C17H19Cl2NO/c1-10(2)14-7-16(11(3)5-15(14)19)21-17-6-12(4)20-9-13(17)8-18/h5-7,9-10H,8H2,1-4H3. The molecule has 0 aliphatic heterocycles. The van der Waals surface area contributed by atoms with Crippen LogP contribution in [-0.2, 0) is 5.88 Å².